The zero-order valence-corrected chi connectivity index (χ0v) is 20.4. The molecule has 1 saturated heterocycles. The largest absolute Gasteiger partial charge is 0.416 e. The van der Waals surface area contributed by atoms with Gasteiger partial charge in [0.15, 0.2) is 5.15 Å². The normalized spacial score (nSPS) is 25.9. The standard InChI is InChI=1S/C25H27ClF3N7/c26-21-11-19(12-30-33-21)35-13-16-7-8-17(14-35)22(16)31-24-32-23-20(6-1-2-9-36(23)34-24)15-4-3-5-18(10-15)25(27,28)29/h3-5,10-12,16-17,20,22H,1-2,6-9,13-14H2,(H,31,34)/t16-,17-,20?/m1/s1. The van der Waals surface area contributed by atoms with Crippen LogP contribution in [0.3, 0.4) is 0 Å². The molecule has 190 valence electrons. The first-order valence-electron chi connectivity index (χ1n) is 12.5. The molecule has 1 N–H and O–H groups in total. The van der Waals surface area contributed by atoms with Crippen LogP contribution in [-0.2, 0) is 12.7 Å². The van der Waals surface area contributed by atoms with Crippen LogP contribution in [0.1, 0.15) is 55.0 Å². The number of nitrogens with one attached hydrogen (secondary N) is 1. The van der Waals surface area contributed by atoms with Gasteiger partial charge in [0.2, 0.25) is 5.95 Å². The minimum absolute atomic E-state index is 0.208. The summed E-state index contributed by atoms with van der Waals surface area (Å²) in [6.45, 7) is 2.49. The zero-order valence-electron chi connectivity index (χ0n) is 19.6. The molecule has 4 heterocycles. The Morgan fingerprint density at radius 1 is 1.03 bits per heavy atom. The minimum Gasteiger partial charge on any atom is -0.369 e. The van der Waals surface area contributed by atoms with Crippen LogP contribution in [0, 0.1) is 11.8 Å². The lowest BCUT2D eigenvalue weighted by atomic mass is 9.92. The number of rotatable bonds is 4. The lowest BCUT2D eigenvalue weighted by Gasteiger charge is -2.39. The van der Waals surface area contributed by atoms with Gasteiger partial charge in [-0.05, 0) is 49.1 Å². The van der Waals surface area contributed by atoms with Gasteiger partial charge in [-0.3, -0.25) is 0 Å². The lowest BCUT2D eigenvalue weighted by molar-refractivity contribution is -0.137. The van der Waals surface area contributed by atoms with Gasteiger partial charge in [0, 0.05) is 37.7 Å². The monoisotopic (exact) mass is 517 g/mol. The molecule has 3 atom stereocenters. The van der Waals surface area contributed by atoms with Crippen molar-refractivity contribution >= 4 is 23.2 Å². The van der Waals surface area contributed by atoms with Gasteiger partial charge in [-0.2, -0.15) is 23.3 Å². The van der Waals surface area contributed by atoms with Gasteiger partial charge in [0.1, 0.15) is 5.82 Å². The Morgan fingerprint density at radius 2 is 1.83 bits per heavy atom. The third kappa shape index (κ3) is 4.51. The second-order valence-corrected chi connectivity index (χ2v) is 10.5. The van der Waals surface area contributed by atoms with Gasteiger partial charge in [0.25, 0.3) is 0 Å². The molecule has 3 aromatic rings. The van der Waals surface area contributed by atoms with Crippen LogP contribution in [0.4, 0.5) is 24.8 Å². The highest BCUT2D eigenvalue weighted by Crippen LogP contribution is 2.41. The van der Waals surface area contributed by atoms with Crippen molar-refractivity contribution < 1.29 is 13.2 Å². The van der Waals surface area contributed by atoms with E-state index in [1.807, 2.05) is 10.7 Å². The first-order valence-corrected chi connectivity index (χ1v) is 12.8. The fourth-order valence-corrected chi connectivity index (χ4v) is 6.30. The van der Waals surface area contributed by atoms with Gasteiger partial charge < -0.3 is 10.2 Å². The summed E-state index contributed by atoms with van der Waals surface area (Å²) >= 11 is 6.05. The highest BCUT2D eigenvalue weighted by atomic mass is 35.5. The van der Waals surface area contributed by atoms with Gasteiger partial charge in [-0.15, -0.1) is 10.2 Å². The number of hydrogen-bond donors (Lipinski definition) is 1. The molecule has 2 fully saturated rings. The fourth-order valence-electron chi connectivity index (χ4n) is 6.15. The summed E-state index contributed by atoms with van der Waals surface area (Å²) in [4.78, 5) is 7.17. The summed E-state index contributed by atoms with van der Waals surface area (Å²) in [5.74, 6) is 1.97. The molecule has 2 aliphatic heterocycles. The molecule has 0 amide bonds. The van der Waals surface area contributed by atoms with E-state index < -0.39 is 11.7 Å². The van der Waals surface area contributed by atoms with E-state index >= 15 is 0 Å². The van der Waals surface area contributed by atoms with Crippen molar-refractivity contribution in [2.24, 2.45) is 11.8 Å². The Morgan fingerprint density at radius 3 is 2.58 bits per heavy atom. The molecular formula is C25H27ClF3N7. The second-order valence-electron chi connectivity index (χ2n) is 10.1. The summed E-state index contributed by atoms with van der Waals surface area (Å²) in [6.07, 6.45) is 2.22. The molecule has 7 nitrogen and oxygen atoms in total. The van der Waals surface area contributed by atoms with Crippen LogP contribution in [0.2, 0.25) is 5.15 Å². The van der Waals surface area contributed by atoms with E-state index in [2.05, 4.69) is 20.4 Å². The number of alkyl halides is 3. The van der Waals surface area contributed by atoms with Gasteiger partial charge in [0.05, 0.1) is 17.4 Å². The number of nitrogens with zero attached hydrogens (tertiary/aromatic N) is 6. The number of aryl methyl sites for hydroxylation is 1. The Balaban J connectivity index is 1.22. The number of piperidine rings is 1. The van der Waals surface area contributed by atoms with Crippen LogP contribution in [0.15, 0.2) is 36.5 Å². The number of fused-ring (bicyclic) bond motifs is 3. The van der Waals surface area contributed by atoms with Crippen molar-refractivity contribution in [3.05, 3.63) is 58.6 Å². The number of aromatic nitrogens is 5. The summed E-state index contributed by atoms with van der Waals surface area (Å²) in [5, 5.41) is 16.6. The average molecular weight is 518 g/mol. The van der Waals surface area contributed by atoms with Crippen molar-refractivity contribution in [3.63, 3.8) is 0 Å². The molecule has 1 aliphatic carbocycles. The van der Waals surface area contributed by atoms with E-state index in [-0.39, 0.29) is 12.0 Å². The number of benzene rings is 1. The van der Waals surface area contributed by atoms with E-state index in [4.69, 9.17) is 21.7 Å². The smallest absolute Gasteiger partial charge is 0.369 e. The molecule has 2 aromatic heterocycles. The van der Waals surface area contributed by atoms with E-state index in [0.717, 1.165) is 69.3 Å². The minimum atomic E-state index is -4.37. The Bertz CT molecular complexity index is 1230. The molecule has 3 aliphatic rings. The maximum Gasteiger partial charge on any atom is 0.416 e. The molecule has 36 heavy (non-hydrogen) atoms. The van der Waals surface area contributed by atoms with Gasteiger partial charge >= 0.3 is 6.18 Å². The van der Waals surface area contributed by atoms with Crippen LogP contribution in [0.5, 0.6) is 0 Å². The predicted octanol–water partition coefficient (Wildman–Crippen LogP) is 5.38. The first kappa shape index (κ1) is 23.5. The Labute approximate surface area is 212 Å². The molecular weight excluding hydrogens is 491 g/mol. The average Bonchev–Trinajstić information content (AvgIpc) is 3.25. The van der Waals surface area contributed by atoms with Gasteiger partial charge in [-0.25, -0.2) is 4.68 Å². The summed E-state index contributed by atoms with van der Waals surface area (Å²) < 4.78 is 41.9. The van der Waals surface area contributed by atoms with E-state index in [0.29, 0.717) is 28.5 Å². The molecule has 2 bridgehead atoms. The van der Waals surface area contributed by atoms with Crippen molar-refractivity contribution in [3.8, 4) is 0 Å². The summed E-state index contributed by atoms with van der Waals surface area (Å²) in [7, 11) is 0. The van der Waals surface area contributed by atoms with Crippen LogP contribution >= 0.6 is 11.6 Å². The molecule has 0 spiro atoms. The summed E-state index contributed by atoms with van der Waals surface area (Å²) in [6, 6.07) is 7.75. The Kier molecular flexibility index (Phi) is 6.02. The number of anilines is 2. The maximum atomic E-state index is 13.4. The third-order valence-electron chi connectivity index (χ3n) is 7.85. The Hall–Kier alpha value is -2.88. The molecule has 1 aromatic carbocycles. The van der Waals surface area contributed by atoms with Crippen molar-refractivity contribution in [1.29, 1.82) is 0 Å². The van der Waals surface area contributed by atoms with Crippen molar-refractivity contribution in [1.82, 2.24) is 25.0 Å². The van der Waals surface area contributed by atoms with E-state index in [9.17, 15) is 13.2 Å². The van der Waals surface area contributed by atoms with E-state index in [1.54, 1.807) is 12.3 Å². The van der Waals surface area contributed by atoms with Crippen LogP contribution in [-0.4, -0.2) is 44.1 Å². The first-order chi connectivity index (χ1) is 17.3. The van der Waals surface area contributed by atoms with Crippen LogP contribution in [0.25, 0.3) is 0 Å². The highest BCUT2D eigenvalue weighted by Gasteiger charge is 2.43. The van der Waals surface area contributed by atoms with Gasteiger partial charge in [-0.1, -0.05) is 36.2 Å². The highest BCUT2D eigenvalue weighted by molar-refractivity contribution is 6.29. The second kappa shape index (κ2) is 9.21. The van der Waals surface area contributed by atoms with E-state index in [1.165, 1.54) is 12.1 Å². The van der Waals surface area contributed by atoms with Crippen molar-refractivity contribution in [2.75, 3.05) is 23.3 Å². The molecule has 1 unspecified atom stereocenters. The fraction of sp³-hybridized carbons (Fsp3) is 0.520. The lowest BCUT2D eigenvalue weighted by Crippen LogP contribution is -2.48. The molecule has 0 radical (unpaired) electrons. The summed E-state index contributed by atoms with van der Waals surface area (Å²) in [5.41, 5.74) is 1.01. The number of halogens is 4. The molecule has 6 rings (SSSR count). The third-order valence-corrected chi connectivity index (χ3v) is 8.03. The number of hydrogen-bond acceptors (Lipinski definition) is 6. The van der Waals surface area contributed by atoms with Crippen molar-refractivity contribution in [2.45, 2.75) is 56.8 Å². The quantitative estimate of drug-likeness (QED) is 0.501. The molecule has 11 heteroatoms. The SMILES string of the molecule is FC(F)(F)c1cccc(C2CCCCn3nc(NC4[C@@H]5CC[C@@H]4CN(c4cnnc(Cl)c4)C5)nc32)c1. The zero-order chi connectivity index (χ0) is 24.9. The maximum absolute atomic E-state index is 13.4. The molecule has 1 saturated carbocycles. The topological polar surface area (TPSA) is 71.8 Å². The van der Waals surface area contributed by atoms with Crippen LogP contribution < -0.4 is 10.2 Å². The predicted molar refractivity (Wildman–Crippen MR) is 130 cm³/mol.